The minimum atomic E-state index is 0.830. The molecule has 1 fully saturated rings. The summed E-state index contributed by atoms with van der Waals surface area (Å²) in [7, 11) is 0. The molecule has 0 radical (unpaired) electrons. The molecule has 0 heterocycles. The van der Waals surface area contributed by atoms with E-state index >= 15 is 0 Å². The van der Waals surface area contributed by atoms with Crippen molar-refractivity contribution in [2.75, 3.05) is 0 Å². The second-order valence-electron chi connectivity index (χ2n) is 4.29. The molecule has 2 aromatic carbocycles. The maximum Gasteiger partial charge on any atom is 0.0260 e. The molecular formula is C13H9I. The molecule has 0 aliphatic heterocycles. The van der Waals surface area contributed by atoms with Gasteiger partial charge in [-0.1, -0.05) is 59.0 Å². The first-order chi connectivity index (χ1) is 6.88. The summed E-state index contributed by atoms with van der Waals surface area (Å²) in [6.45, 7) is 0. The molecule has 1 heteroatoms. The van der Waals surface area contributed by atoms with E-state index in [0.717, 1.165) is 15.8 Å². The van der Waals surface area contributed by atoms with Gasteiger partial charge >= 0.3 is 0 Å². The van der Waals surface area contributed by atoms with Crippen LogP contribution in [0, 0.1) is 0 Å². The lowest BCUT2D eigenvalue weighted by Crippen LogP contribution is -1.87. The zero-order valence-corrected chi connectivity index (χ0v) is 9.73. The first-order valence-corrected chi connectivity index (χ1v) is 6.28. The third-order valence-electron chi connectivity index (χ3n) is 3.62. The van der Waals surface area contributed by atoms with Gasteiger partial charge in [0.25, 0.3) is 0 Å². The Kier molecular flexibility index (Phi) is 1.28. The van der Waals surface area contributed by atoms with Crippen molar-refractivity contribution in [3.05, 3.63) is 47.5 Å². The highest BCUT2D eigenvalue weighted by Gasteiger charge is 2.55. The van der Waals surface area contributed by atoms with Gasteiger partial charge in [0.2, 0.25) is 0 Å². The maximum absolute atomic E-state index is 2.60. The molecule has 4 rings (SSSR count). The number of alkyl halides is 1. The van der Waals surface area contributed by atoms with Crippen molar-refractivity contribution in [1.29, 1.82) is 0 Å². The molecule has 0 saturated heterocycles. The molecule has 0 nitrogen and oxygen atoms in total. The SMILES string of the molecule is IC1C2c3cccc4cccc(c34)C12. The Bertz CT molecular complexity index is 499. The Labute approximate surface area is 96.5 Å². The van der Waals surface area contributed by atoms with Gasteiger partial charge in [-0.3, -0.25) is 0 Å². The summed E-state index contributed by atoms with van der Waals surface area (Å²) >= 11 is 2.60. The fourth-order valence-electron chi connectivity index (χ4n) is 2.96. The van der Waals surface area contributed by atoms with Crippen molar-refractivity contribution < 1.29 is 0 Å². The second-order valence-corrected chi connectivity index (χ2v) is 5.73. The molecular weight excluding hydrogens is 283 g/mol. The summed E-state index contributed by atoms with van der Waals surface area (Å²) < 4.78 is 0.855. The van der Waals surface area contributed by atoms with Crippen molar-refractivity contribution in [2.45, 2.75) is 15.8 Å². The summed E-state index contributed by atoms with van der Waals surface area (Å²) in [5, 5.41) is 2.98. The topological polar surface area (TPSA) is 0 Å². The summed E-state index contributed by atoms with van der Waals surface area (Å²) in [4.78, 5) is 0. The molecule has 14 heavy (non-hydrogen) atoms. The van der Waals surface area contributed by atoms with Gasteiger partial charge < -0.3 is 0 Å². The van der Waals surface area contributed by atoms with Crippen molar-refractivity contribution >= 4 is 33.4 Å². The quantitative estimate of drug-likeness (QED) is 0.511. The lowest BCUT2D eigenvalue weighted by Gasteiger charge is -2.05. The number of rotatable bonds is 0. The molecule has 0 bridgehead atoms. The van der Waals surface area contributed by atoms with Gasteiger partial charge in [-0.15, -0.1) is 0 Å². The van der Waals surface area contributed by atoms with Gasteiger partial charge in [0, 0.05) is 15.8 Å². The zero-order chi connectivity index (χ0) is 9.28. The van der Waals surface area contributed by atoms with Crippen molar-refractivity contribution in [3.63, 3.8) is 0 Å². The molecule has 0 amide bonds. The molecule has 1 saturated carbocycles. The number of hydrogen-bond acceptors (Lipinski definition) is 0. The third-order valence-corrected chi connectivity index (χ3v) is 5.17. The van der Waals surface area contributed by atoms with E-state index in [0.29, 0.717) is 0 Å². The minimum Gasteiger partial charge on any atom is -0.0812 e. The van der Waals surface area contributed by atoms with Crippen LogP contribution in [0.3, 0.4) is 0 Å². The average molecular weight is 292 g/mol. The maximum atomic E-state index is 2.60. The van der Waals surface area contributed by atoms with Crippen LogP contribution in [-0.4, -0.2) is 3.92 Å². The van der Waals surface area contributed by atoms with Gasteiger partial charge in [-0.2, -0.15) is 0 Å². The smallest absolute Gasteiger partial charge is 0.0260 e. The van der Waals surface area contributed by atoms with Crippen LogP contribution >= 0.6 is 22.6 Å². The molecule has 2 aromatic rings. The summed E-state index contributed by atoms with van der Waals surface area (Å²) in [5.41, 5.74) is 3.20. The predicted octanol–water partition coefficient (Wildman–Crippen LogP) is 3.84. The Balaban J connectivity index is 2.19. The van der Waals surface area contributed by atoms with E-state index in [1.807, 2.05) is 0 Å². The van der Waals surface area contributed by atoms with Gasteiger partial charge in [-0.05, 0) is 21.9 Å². The van der Waals surface area contributed by atoms with Crippen molar-refractivity contribution in [1.82, 2.24) is 0 Å². The average Bonchev–Trinajstić information content (AvgIpc) is 2.74. The zero-order valence-electron chi connectivity index (χ0n) is 7.57. The van der Waals surface area contributed by atoms with E-state index in [2.05, 4.69) is 59.0 Å². The van der Waals surface area contributed by atoms with Crippen LogP contribution in [0.2, 0.25) is 0 Å². The first-order valence-electron chi connectivity index (χ1n) is 5.03. The second kappa shape index (κ2) is 2.32. The highest BCUT2D eigenvalue weighted by atomic mass is 127. The number of benzene rings is 2. The summed E-state index contributed by atoms with van der Waals surface area (Å²) in [6, 6.07) is 13.5. The standard InChI is InChI=1S/C13H9I/c14-13-11-8-5-1-3-7-4-2-6-9(10(7)8)12(11)13/h1-6,11-13H. The Morgan fingerprint density at radius 3 is 2.00 bits per heavy atom. The molecule has 2 aliphatic carbocycles. The lowest BCUT2D eigenvalue weighted by atomic mass is 10.0. The van der Waals surface area contributed by atoms with Crippen LogP contribution in [0.15, 0.2) is 36.4 Å². The first kappa shape index (κ1) is 7.69. The number of hydrogen-bond donors (Lipinski definition) is 0. The minimum absolute atomic E-state index is 0.830. The van der Waals surface area contributed by atoms with Crippen molar-refractivity contribution in [2.24, 2.45) is 0 Å². The molecule has 0 spiro atoms. The van der Waals surface area contributed by atoms with Gasteiger partial charge in [0.1, 0.15) is 0 Å². The number of fused-ring (bicyclic) bond motifs is 3. The summed E-state index contributed by atoms with van der Waals surface area (Å²) in [5.74, 6) is 1.66. The van der Waals surface area contributed by atoms with Crippen molar-refractivity contribution in [3.8, 4) is 0 Å². The van der Waals surface area contributed by atoms with E-state index in [1.165, 1.54) is 5.39 Å². The van der Waals surface area contributed by atoms with E-state index in [-0.39, 0.29) is 0 Å². The molecule has 2 unspecified atom stereocenters. The van der Waals surface area contributed by atoms with E-state index in [4.69, 9.17) is 0 Å². The molecule has 68 valence electrons. The van der Waals surface area contributed by atoms with E-state index < -0.39 is 0 Å². The van der Waals surface area contributed by atoms with E-state index in [9.17, 15) is 0 Å². The van der Waals surface area contributed by atoms with Crippen LogP contribution < -0.4 is 0 Å². The van der Waals surface area contributed by atoms with Crippen LogP contribution in [0.1, 0.15) is 23.0 Å². The third kappa shape index (κ3) is 0.724. The Morgan fingerprint density at radius 2 is 1.43 bits per heavy atom. The molecule has 0 aromatic heterocycles. The lowest BCUT2D eigenvalue weighted by molar-refractivity contribution is 1.10. The summed E-state index contributed by atoms with van der Waals surface area (Å²) in [6.07, 6.45) is 0. The fourth-order valence-corrected chi connectivity index (χ4v) is 4.39. The normalized spacial score (nSPS) is 31.9. The van der Waals surface area contributed by atoms with Crippen LogP contribution in [0.4, 0.5) is 0 Å². The fraction of sp³-hybridized carbons (Fsp3) is 0.231. The van der Waals surface area contributed by atoms with Gasteiger partial charge in [0.05, 0.1) is 0 Å². The van der Waals surface area contributed by atoms with Crippen LogP contribution in [0.25, 0.3) is 10.8 Å². The number of halogens is 1. The predicted molar refractivity (Wildman–Crippen MR) is 67.2 cm³/mol. The van der Waals surface area contributed by atoms with Crippen LogP contribution in [-0.2, 0) is 0 Å². The van der Waals surface area contributed by atoms with E-state index in [1.54, 1.807) is 16.5 Å². The van der Waals surface area contributed by atoms with Crippen LogP contribution in [0.5, 0.6) is 0 Å². The largest absolute Gasteiger partial charge is 0.0812 e. The van der Waals surface area contributed by atoms with Gasteiger partial charge in [-0.25, -0.2) is 0 Å². The molecule has 2 atom stereocenters. The molecule has 0 N–H and O–H groups in total. The Morgan fingerprint density at radius 1 is 0.857 bits per heavy atom. The Hall–Kier alpha value is -0.570. The highest BCUT2D eigenvalue weighted by Crippen LogP contribution is 2.66. The highest BCUT2D eigenvalue weighted by molar-refractivity contribution is 14.1. The van der Waals surface area contributed by atoms with Gasteiger partial charge in [0.15, 0.2) is 0 Å². The monoisotopic (exact) mass is 292 g/mol. The molecule has 2 aliphatic rings.